The lowest BCUT2D eigenvalue weighted by molar-refractivity contribution is -0.137. The molecule has 0 radical (unpaired) electrons. The lowest BCUT2D eigenvalue weighted by atomic mass is 10.1. The van der Waals surface area contributed by atoms with E-state index in [9.17, 15) is 14.4 Å². The van der Waals surface area contributed by atoms with Crippen LogP contribution < -0.4 is 16.4 Å². The van der Waals surface area contributed by atoms with Crippen LogP contribution in [0.4, 0.5) is 0 Å². The van der Waals surface area contributed by atoms with Gasteiger partial charge in [-0.05, 0) is 24.1 Å². The van der Waals surface area contributed by atoms with E-state index in [0.717, 1.165) is 5.56 Å². The van der Waals surface area contributed by atoms with E-state index >= 15 is 0 Å². The Morgan fingerprint density at radius 2 is 1.68 bits per heavy atom. The van der Waals surface area contributed by atoms with Crippen molar-refractivity contribution in [2.24, 2.45) is 5.73 Å². The smallest absolute Gasteiger partial charge is 0.322 e. The molecule has 1 atom stereocenters. The van der Waals surface area contributed by atoms with Gasteiger partial charge >= 0.3 is 5.97 Å². The number of carbonyl (C=O) groups excluding carboxylic acids is 2. The van der Waals surface area contributed by atoms with E-state index in [4.69, 9.17) is 15.9 Å². The van der Waals surface area contributed by atoms with Crippen molar-refractivity contribution in [1.82, 2.24) is 10.6 Å². The lowest BCUT2D eigenvalue weighted by Gasteiger charge is -2.12. The SMILES string of the molecule is NC(Cc1ccc(O)cc1)C(=O)NCC(=O)NCC(=O)O.O. The van der Waals surface area contributed by atoms with E-state index in [-0.39, 0.29) is 24.2 Å². The summed E-state index contributed by atoms with van der Waals surface area (Å²) in [5.41, 5.74) is 6.46. The maximum atomic E-state index is 11.7. The normalized spacial score (nSPS) is 11.0. The first kappa shape index (κ1) is 19.4. The number of aromatic hydroxyl groups is 1. The maximum Gasteiger partial charge on any atom is 0.322 e. The highest BCUT2D eigenvalue weighted by Crippen LogP contribution is 2.10. The van der Waals surface area contributed by atoms with Crippen molar-refractivity contribution >= 4 is 17.8 Å². The number of phenolic OH excluding ortho intramolecular Hbond substituents is 1. The Morgan fingerprint density at radius 3 is 2.23 bits per heavy atom. The summed E-state index contributed by atoms with van der Waals surface area (Å²) in [4.78, 5) is 33.1. The van der Waals surface area contributed by atoms with Gasteiger partial charge < -0.3 is 32.1 Å². The predicted molar refractivity (Wildman–Crippen MR) is 77.1 cm³/mol. The molecule has 9 heteroatoms. The molecule has 0 aliphatic carbocycles. The number of carbonyl (C=O) groups is 3. The number of nitrogens with one attached hydrogen (secondary N) is 2. The fourth-order valence-electron chi connectivity index (χ4n) is 1.51. The van der Waals surface area contributed by atoms with Gasteiger partial charge in [-0.1, -0.05) is 12.1 Å². The molecule has 1 rings (SSSR count). The van der Waals surface area contributed by atoms with E-state index in [1.54, 1.807) is 12.1 Å². The molecule has 0 aromatic heterocycles. The number of benzene rings is 1. The average molecular weight is 313 g/mol. The Morgan fingerprint density at radius 1 is 1.09 bits per heavy atom. The molecule has 0 aliphatic heterocycles. The average Bonchev–Trinajstić information content (AvgIpc) is 2.44. The largest absolute Gasteiger partial charge is 0.508 e. The predicted octanol–water partition coefficient (Wildman–Crippen LogP) is -2.25. The molecule has 0 heterocycles. The molecule has 9 nitrogen and oxygen atoms in total. The third kappa shape index (κ3) is 7.22. The van der Waals surface area contributed by atoms with E-state index < -0.39 is 30.4 Å². The van der Waals surface area contributed by atoms with Crippen LogP contribution in [0.3, 0.4) is 0 Å². The molecule has 2 amide bonds. The second-order valence-electron chi connectivity index (χ2n) is 4.37. The van der Waals surface area contributed by atoms with Crippen molar-refractivity contribution in [2.75, 3.05) is 13.1 Å². The molecule has 0 spiro atoms. The van der Waals surface area contributed by atoms with Crippen LogP contribution in [0, 0.1) is 0 Å². The summed E-state index contributed by atoms with van der Waals surface area (Å²) in [6.07, 6.45) is 0.253. The fourth-order valence-corrected chi connectivity index (χ4v) is 1.51. The summed E-state index contributed by atoms with van der Waals surface area (Å²) in [5, 5.41) is 21.9. The van der Waals surface area contributed by atoms with Crippen molar-refractivity contribution in [3.8, 4) is 5.75 Å². The quantitative estimate of drug-likeness (QED) is 0.380. The van der Waals surface area contributed by atoms with Gasteiger partial charge in [-0.25, -0.2) is 0 Å². The van der Waals surface area contributed by atoms with Crippen molar-refractivity contribution < 1.29 is 30.1 Å². The van der Waals surface area contributed by atoms with Gasteiger partial charge in [-0.3, -0.25) is 14.4 Å². The molecule has 0 saturated heterocycles. The van der Waals surface area contributed by atoms with Gasteiger partial charge in [0.15, 0.2) is 0 Å². The molecular formula is C13H19N3O6. The van der Waals surface area contributed by atoms with Crippen LogP contribution in [-0.4, -0.2) is 52.6 Å². The van der Waals surface area contributed by atoms with Crippen molar-refractivity contribution in [2.45, 2.75) is 12.5 Å². The molecule has 8 N–H and O–H groups in total. The number of carboxylic acids is 1. The Labute approximate surface area is 126 Å². The molecule has 0 aliphatic rings. The first-order chi connectivity index (χ1) is 9.88. The Kier molecular flexibility index (Phi) is 8.19. The number of aliphatic carboxylic acids is 1. The minimum Gasteiger partial charge on any atom is -0.508 e. The first-order valence-electron chi connectivity index (χ1n) is 6.18. The summed E-state index contributed by atoms with van der Waals surface area (Å²) in [6, 6.07) is 5.41. The van der Waals surface area contributed by atoms with E-state index in [1.165, 1.54) is 12.1 Å². The van der Waals surface area contributed by atoms with Gasteiger partial charge in [-0.15, -0.1) is 0 Å². The standard InChI is InChI=1S/C13H17N3O5.H2O/c14-10(5-8-1-3-9(17)4-2-8)13(21)16-6-11(18)15-7-12(19)20;/h1-4,10,17H,5-7,14H2,(H,15,18)(H,16,21)(H,19,20);1H2. The minimum absolute atomic E-state index is 0. The zero-order valence-electron chi connectivity index (χ0n) is 11.7. The van der Waals surface area contributed by atoms with Gasteiger partial charge in [0, 0.05) is 0 Å². The molecule has 1 aromatic rings. The Balaban J connectivity index is 0.00000441. The lowest BCUT2D eigenvalue weighted by Crippen LogP contribution is -2.46. The van der Waals surface area contributed by atoms with Crippen LogP contribution in [-0.2, 0) is 20.8 Å². The maximum absolute atomic E-state index is 11.7. The molecule has 1 unspecified atom stereocenters. The van der Waals surface area contributed by atoms with Crippen LogP contribution in [0.25, 0.3) is 0 Å². The molecule has 0 bridgehead atoms. The summed E-state index contributed by atoms with van der Waals surface area (Å²) in [5.74, 6) is -2.18. The minimum atomic E-state index is -1.17. The van der Waals surface area contributed by atoms with Crippen LogP contribution in [0.1, 0.15) is 5.56 Å². The summed E-state index contributed by atoms with van der Waals surface area (Å²) >= 11 is 0. The Hall–Kier alpha value is -2.65. The van der Waals surface area contributed by atoms with E-state index in [0.29, 0.717) is 0 Å². The van der Waals surface area contributed by atoms with Crippen LogP contribution in [0.2, 0.25) is 0 Å². The molecule has 0 saturated carbocycles. The van der Waals surface area contributed by atoms with Crippen molar-refractivity contribution in [3.05, 3.63) is 29.8 Å². The summed E-state index contributed by atoms with van der Waals surface area (Å²) < 4.78 is 0. The van der Waals surface area contributed by atoms with Crippen molar-refractivity contribution in [1.29, 1.82) is 0 Å². The number of hydrogen-bond acceptors (Lipinski definition) is 5. The molecule has 122 valence electrons. The van der Waals surface area contributed by atoms with Gasteiger partial charge in [0.1, 0.15) is 12.3 Å². The van der Waals surface area contributed by atoms with Crippen LogP contribution in [0.5, 0.6) is 5.75 Å². The van der Waals surface area contributed by atoms with Gasteiger partial charge in [0.05, 0.1) is 12.6 Å². The zero-order chi connectivity index (χ0) is 15.8. The third-order valence-corrected chi connectivity index (χ3v) is 2.59. The highest BCUT2D eigenvalue weighted by Gasteiger charge is 2.15. The van der Waals surface area contributed by atoms with Gasteiger partial charge in [-0.2, -0.15) is 0 Å². The van der Waals surface area contributed by atoms with Gasteiger partial charge in [0.2, 0.25) is 11.8 Å². The number of amides is 2. The first-order valence-corrected chi connectivity index (χ1v) is 6.18. The van der Waals surface area contributed by atoms with E-state index in [2.05, 4.69) is 10.6 Å². The van der Waals surface area contributed by atoms with Crippen LogP contribution >= 0.6 is 0 Å². The monoisotopic (exact) mass is 313 g/mol. The van der Waals surface area contributed by atoms with Crippen molar-refractivity contribution in [3.63, 3.8) is 0 Å². The topological polar surface area (TPSA) is 173 Å². The van der Waals surface area contributed by atoms with Crippen LogP contribution in [0.15, 0.2) is 24.3 Å². The Bertz CT molecular complexity index is 517. The summed E-state index contributed by atoms with van der Waals surface area (Å²) in [6.45, 7) is -0.844. The number of nitrogens with two attached hydrogens (primary N) is 1. The number of phenols is 1. The molecule has 22 heavy (non-hydrogen) atoms. The highest BCUT2D eigenvalue weighted by atomic mass is 16.4. The summed E-state index contributed by atoms with van der Waals surface area (Å²) in [7, 11) is 0. The number of carboxylic acid groups (broad SMARTS) is 1. The molecular weight excluding hydrogens is 294 g/mol. The highest BCUT2D eigenvalue weighted by molar-refractivity contribution is 5.88. The fraction of sp³-hybridized carbons (Fsp3) is 0.308. The van der Waals surface area contributed by atoms with Gasteiger partial charge in [0.25, 0.3) is 0 Å². The number of rotatable bonds is 7. The second-order valence-corrected chi connectivity index (χ2v) is 4.37. The van der Waals surface area contributed by atoms with E-state index in [1.807, 2.05) is 0 Å². The molecule has 0 fully saturated rings. The number of hydrogen-bond donors (Lipinski definition) is 5. The molecule has 1 aromatic carbocycles. The second kappa shape index (κ2) is 9.32. The zero-order valence-corrected chi connectivity index (χ0v) is 11.7. The third-order valence-electron chi connectivity index (χ3n) is 2.59.